The lowest BCUT2D eigenvalue weighted by Crippen LogP contribution is -2.29. The molecule has 190 valence electrons. The lowest BCUT2D eigenvalue weighted by Gasteiger charge is -2.26. The van der Waals surface area contributed by atoms with Gasteiger partial charge >= 0.3 is 0 Å². The van der Waals surface area contributed by atoms with Crippen LogP contribution in [0.5, 0.6) is 11.5 Å². The number of hydrogen-bond donors (Lipinski definition) is 0. The molecule has 37 heavy (non-hydrogen) atoms. The van der Waals surface area contributed by atoms with Crippen LogP contribution >= 0.6 is 11.6 Å². The van der Waals surface area contributed by atoms with E-state index in [1.54, 1.807) is 36.5 Å². The minimum Gasteiger partial charge on any atom is -0.493 e. The summed E-state index contributed by atoms with van der Waals surface area (Å²) in [5.74, 6) is 1.12. The number of pyridine rings is 1. The Morgan fingerprint density at radius 3 is 2.65 bits per heavy atom. The van der Waals surface area contributed by atoms with Crippen molar-refractivity contribution in [2.75, 3.05) is 13.7 Å². The molecule has 1 atom stereocenters. The zero-order chi connectivity index (χ0) is 26.3. The van der Waals surface area contributed by atoms with Crippen LogP contribution in [0.1, 0.15) is 52.7 Å². The van der Waals surface area contributed by atoms with Gasteiger partial charge in [-0.2, -0.15) is 0 Å². The highest BCUT2D eigenvalue weighted by Crippen LogP contribution is 2.42. The van der Waals surface area contributed by atoms with Gasteiger partial charge in [-0.25, -0.2) is 0 Å². The highest BCUT2D eigenvalue weighted by Gasteiger charge is 2.43. The molecule has 1 aliphatic rings. The highest BCUT2D eigenvalue weighted by atomic mass is 35.5. The fourth-order valence-electron chi connectivity index (χ4n) is 4.57. The maximum atomic E-state index is 13.8. The second kappa shape index (κ2) is 9.90. The number of benzene rings is 2. The minimum atomic E-state index is -0.698. The Kier molecular flexibility index (Phi) is 6.65. The van der Waals surface area contributed by atoms with Gasteiger partial charge in [0, 0.05) is 24.0 Å². The van der Waals surface area contributed by atoms with E-state index in [-0.39, 0.29) is 29.2 Å². The molecule has 0 radical (unpaired) electrons. The molecule has 8 heteroatoms. The molecule has 4 aromatic rings. The number of hydrogen-bond acceptors (Lipinski definition) is 6. The molecule has 0 spiro atoms. The SMILES string of the molecule is COc1cc([C@@H]2c3c(oc4cc(C)c(Cl)cc4c3=O)C(=O)N2Cc2cccnc2)ccc1OCC(C)C. The van der Waals surface area contributed by atoms with Crippen LogP contribution in [-0.4, -0.2) is 29.5 Å². The molecule has 5 rings (SSSR count). The second-order valence-electron chi connectivity index (χ2n) is 9.58. The predicted octanol–water partition coefficient (Wildman–Crippen LogP) is 5.94. The third-order valence-electron chi connectivity index (χ3n) is 6.40. The molecule has 2 aromatic heterocycles. The molecule has 2 aromatic carbocycles. The van der Waals surface area contributed by atoms with Crippen molar-refractivity contribution in [1.29, 1.82) is 0 Å². The van der Waals surface area contributed by atoms with Gasteiger partial charge in [0.05, 0.1) is 30.7 Å². The molecule has 0 unspecified atom stereocenters. The number of halogens is 1. The number of rotatable bonds is 7. The molecule has 1 amide bonds. The summed E-state index contributed by atoms with van der Waals surface area (Å²) >= 11 is 6.34. The fourth-order valence-corrected chi connectivity index (χ4v) is 4.73. The topological polar surface area (TPSA) is 81.9 Å². The van der Waals surface area contributed by atoms with Crippen LogP contribution in [0.2, 0.25) is 5.02 Å². The molecule has 0 saturated heterocycles. The van der Waals surface area contributed by atoms with Crippen LogP contribution < -0.4 is 14.9 Å². The first-order valence-corrected chi connectivity index (χ1v) is 12.4. The lowest BCUT2D eigenvalue weighted by molar-refractivity contribution is 0.0714. The first kappa shape index (κ1) is 24.8. The summed E-state index contributed by atoms with van der Waals surface area (Å²) in [6.45, 7) is 6.73. The third kappa shape index (κ3) is 4.55. The van der Waals surface area contributed by atoms with Crippen LogP contribution in [0.3, 0.4) is 0 Å². The van der Waals surface area contributed by atoms with Crippen molar-refractivity contribution in [3.8, 4) is 11.5 Å². The van der Waals surface area contributed by atoms with E-state index < -0.39 is 6.04 Å². The van der Waals surface area contributed by atoms with E-state index in [1.807, 2.05) is 37.3 Å². The summed E-state index contributed by atoms with van der Waals surface area (Å²) < 4.78 is 17.6. The number of carbonyl (C=O) groups excluding carboxylic acids is 1. The summed E-state index contributed by atoms with van der Waals surface area (Å²) in [5, 5.41) is 0.792. The van der Waals surface area contributed by atoms with Crippen LogP contribution in [-0.2, 0) is 6.54 Å². The molecular formula is C29H27ClN2O5. The molecule has 0 saturated carbocycles. The number of methoxy groups -OCH3 is 1. The average Bonchev–Trinajstić information content (AvgIpc) is 3.16. The molecule has 0 aliphatic carbocycles. The van der Waals surface area contributed by atoms with Gasteiger partial charge in [-0.15, -0.1) is 0 Å². The van der Waals surface area contributed by atoms with Gasteiger partial charge in [0.1, 0.15) is 5.58 Å². The second-order valence-corrected chi connectivity index (χ2v) is 9.99. The van der Waals surface area contributed by atoms with Gasteiger partial charge < -0.3 is 18.8 Å². The van der Waals surface area contributed by atoms with E-state index in [4.69, 9.17) is 25.5 Å². The smallest absolute Gasteiger partial charge is 0.291 e. The number of aryl methyl sites for hydroxylation is 1. The number of fused-ring (bicyclic) bond motifs is 2. The maximum Gasteiger partial charge on any atom is 0.291 e. The Morgan fingerprint density at radius 2 is 1.95 bits per heavy atom. The number of amides is 1. The molecule has 1 aliphatic heterocycles. The normalized spacial score (nSPS) is 14.9. The first-order valence-electron chi connectivity index (χ1n) is 12.1. The van der Waals surface area contributed by atoms with E-state index in [0.29, 0.717) is 45.6 Å². The lowest BCUT2D eigenvalue weighted by atomic mass is 9.97. The van der Waals surface area contributed by atoms with Gasteiger partial charge in [0.2, 0.25) is 5.76 Å². The van der Waals surface area contributed by atoms with Crippen LogP contribution in [0.15, 0.2) is 64.1 Å². The van der Waals surface area contributed by atoms with Crippen molar-refractivity contribution in [3.63, 3.8) is 0 Å². The summed E-state index contributed by atoms with van der Waals surface area (Å²) in [7, 11) is 1.56. The molecule has 0 bridgehead atoms. The average molecular weight is 519 g/mol. The van der Waals surface area contributed by atoms with Gasteiger partial charge in [-0.1, -0.05) is 37.6 Å². The van der Waals surface area contributed by atoms with Crippen LogP contribution in [0, 0.1) is 12.8 Å². The summed E-state index contributed by atoms with van der Waals surface area (Å²) in [6.07, 6.45) is 3.37. The Hall–Kier alpha value is -3.84. The molecular weight excluding hydrogens is 492 g/mol. The van der Waals surface area contributed by atoms with Gasteiger partial charge in [0.25, 0.3) is 5.91 Å². The van der Waals surface area contributed by atoms with Crippen LogP contribution in [0.25, 0.3) is 11.0 Å². The monoisotopic (exact) mass is 518 g/mol. The van der Waals surface area contributed by atoms with Crippen molar-refractivity contribution in [1.82, 2.24) is 9.88 Å². The maximum absolute atomic E-state index is 13.8. The van der Waals surface area contributed by atoms with E-state index in [1.165, 1.54) is 0 Å². The summed E-state index contributed by atoms with van der Waals surface area (Å²) in [6, 6.07) is 11.8. The summed E-state index contributed by atoms with van der Waals surface area (Å²) in [5.41, 5.74) is 2.61. The summed E-state index contributed by atoms with van der Waals surface area (Å²) in [4.78, 5) is 33.4. The minimum absolute atomic E-state index is 0.0345. The van der Waals surface area contributed by atoms with E-state index in [2.05, 4.69) is 18.8 Å². The zero-order valence-electron chi connectivity index (χ0n) is 21.1. The van der Waals surface area contributed by atoms with Gasteiger partial charge in [-0.3, -0.25) is 14.6 Å². The van der Waals surface area contributed by atoms with E-state index in [9.17, 15) is 9.59 Å². The number of ether oxygens (including phenoxy) is 2. The van der Waals surface area contributed by atoms with E-state index >= 15 is 0 Å². The van der Waals surface area contributed by atoms with Gasteiger partial charge in [0.15, 0.2) is 16.9 Å². The van der Waals surface area contributed by atoms with Crippen molar-refractivity contribution in [2.45, 2.75) is 33.4 Å². The predicted molar refractivity (Wildman–Crippen MR) is 142 cm³/mol. The molecule has 7 nitrogen and oxygen atoms in total. The van der Waals surface area contributed by atoms with E-state index in [0.717, 1.165) is 11.1 Å². The standard InChI is InChI=1S/C29H27ClN2O5/c1-16(2)15-36-22-8-7-19(11-24(22)35-4)26-25-27(33)20-12-21(30)17(3)10-23(20)37-28(25)29(34)32(26)14-18-6-5-9-31-13-18/h5-13,16,26H,14-15H2,1-4H3/t26-/m1/s1. The van der Waals surface area contributed by atoms with Crippen molar-refractivity contribution < 1.29 is 18.7 Å². The quantitative estimate of drug-likeness (QED) is 0.301. The zero-order valence-corrected chi connectivity index (χ0v) is 21.8. The molecule has 0 N–H and O–H groups in total. The Morgan fingerprint density at radius 1 is 1.14 bits per heavy atom. The largest absolute Gasteiger partial charge is 0.493 e. The number of carbonyl (C=O) groups is 1. The first-order chi connectivity index (χ1) is 17.8. The number of nitrogens with zero attached hydrogens (tertiary/aromatic N) is 2. The fraction of sp³-hybridized carbons (Fsp3) is 0.276. The van der Waals surface area contributed by atoms with Crippen molar-refractivity contribution in [3.05, 3.63) is 98.1 Å². The van der Waals surface area contributed by atoms with Crippen molar-refractivity contribution >= 4 is 28.5 Å². The Labute approximate surface area is 219 Å². The van der Waals surface area contributed by atoms with Crippen LogP contribution in [0.4, 0.5) is 0 Å². The Balaban J connectivity index is 1.69. The molecule has 0 fully saturated rings. The number of aromatic nitrogens is 1. The molecule has 3 heterocycles. The van der Waals surface area contributed by atoms with Crippen molar-refractivity contribution in [2.24, 2.45) is 5.92 Å². The Bertz CT molecular complexity index is 1550. The van der Waals surface area contributed by atoms with Gasteiger partial charge in [-0.05, 0) is 59.9 Å². The third-order valence-corrected chi connectivity index (χ3v) is 6.81. The highest BCUT2D eigenvalue weighted by molar-refractivity contribution is 6.32.